The van der Waals surface area contributed by atoms with Crippen LogP contribution in [0.3, 0.4) is 0 Å². The summed E-state index contributed by atoms with van der Waals surface area (Å²) in [4.78, 5) is 4.37. The first-order valence-electron chi connectivity index (χ1n) is 4.64. The molecule has 1 saturated carbocycles. The summed E-state index contributed by atoms with van der Waals surface area (Å²) in [6, 6.07) is 5.70. The Morgan fingerprint density at radius 3 is 3.07 bits per heavy atom. The molecule has 0 N–H and O–H groups in total. The minimum atomic E-state index is 0.529. The second-order valence-electron chi connectivity index (χ2n) is 3.55. The minimum absolute atomic E-state index is 0.529. The molecule has 4 heteroatoms. The van der Waals surface area contributed by atoms with Crippen molar-refractivity contribution >= 4 is 5.65 Å². The van der Waals surface area contributed by atoms with Gasteiger partial charge in [0.1, 0.15) is 6.07 Å². The molecule has 4 nitrogen and oxygen atoms in total. The highest BCUT2D eigenvalue weighted by atomic mass is 15.3. The predicted octanol–water partition coefficient (Wildman–Crippen LogP) is 1.48. The molecule has 0 atom stereocenters. The molecule has 68 valence electrons. The van der Waals surface area contributed by atoms with Crippen LogP contribution in [0.25, 0.3) is 5.65 Å². The zero-order valence-electron chi connectivity index (χ0n) is 7.51. The van der Waals surface area contributed by atoms with Crippen LogP contribution >= 0.6 is 0 Å². The molecule has 0 unspecified atom stereocenters. The van der Waals surface area contributed by atoms with Gasteiger partial charge in [-0.05, 0) is 25.0 Å². The predicted molar refractivity (Wildman–Crippen MR) is 49.7 cm³/mol. The molecular weight excluding hydrogens is 176 g/mol. The Hall–Kier alpha value is -1.89. The molecule has 0 amide bonds. The number of pyridine rings is 1. The molecule has 1 fully saturated rings. The Morgan fingerprint density at radius 2 is 2.36 bits per heavy atom. The summed E-state index contributed by atoms with van der Waals surface area (Å²) < 4.78 is 1.69. The SMILES string of the molecule is N#Cc1cccn2nc(C3CC3)nc12. The van der Waals surface area contributed by atoms with Gasteiger partial charge in [-0.15, -0.1) is 0 Å². The highest BCUT2D eigenvalue weighted by molar-refractivity contribution is 5.54. The van der Waals surface area contributed by atoms with Gasteiger partial charge >= 0.3 is 0 Å². The summed E-state index contributed by atoms with van der Waals surface area (Å²) >= 11 is 0. The van der Waals surface area contributed by atoms with E-state index in [4.69, 9.17) is 5.26 Å². The number of nitriles is 1. The highest BCUT2D eigenvalue weighted by Gasteiger charge is 2.28. The van der Waals surface area contributed by atoms with Crippen molar-refractivity contribution in [1.82, 2.24) is 14.6 Å². The number of nitrogens with zero attached hydrogens (tertiary/aromatic N) is 4. The van der Waals surface area contributed by atoms with Crippen LogP contribution in [0.4, 0.5) is 0 Å². The first kappa shape index (κ1) is 7.51. The maximum atomic E-state index is 8.87. The van der Waals surface area contributed by atoms with Gasteiger partial charge in [-0.25, -0.2) is 9.50 Å². The van der Waals surface area contributed by atoms with Crippen molar-refractivity contribution in [2.45, 2.75) is 18.8 Å². The van der Waals surface area contributed by atoms with E-state index in [1.807, 2.05) is 12.3 Å². The summed E-state index contributed by atoms with van der Waals surface area (Å²) in [6.45, 7) is 0. The molecule has 0 radical (unpaired) electrons. The maximum Gasteiger partial charge on any atom is 0.173 e. The second kappa shape index (κ2) is 2.55. The van der Waals surface area contributed by atoms with E-state index in [0.717, 1.165) is 5.82 Å². The van der Waals surface area contributed by atoms with Gasteiger partial charge in [-0.3, -0.25) is 0 Å². The van der Waals surface area contributed by atoms with E-state index >= 15 is 0 Å². The van der Waals surface area contributed by atoms with Crippen molar-refractivity contribution in [2.75, 3.05) is 0 Å². The minimum Gasteiger partial charge on any atom is -0.219 e. The molecule has 1 aliphatic carbocycles. The first-order chi connectivity index (χ1) is 6.88. The van der Waals surface area contributed by atoms with Crippen LogP contribution in [0, 0.1) is 11.3 Å². The lowest BCUT2D eigenvalue weighted by Crippen LogP contribution is -1.88. The second-order valence-corrected chi connectivity index (χ2v) is 3.55. The van der Waals surface area contributed by atoms with Crippen molar-refractivity contribution in [3.8, 4) is 6.07 Å². The van der Waals surface area contributed by atoms with Gasteiger partial charge in [0.25, 0.3) is 0 Å². The normalized spacial score (nSPS) is 15.6. The van der Waals surface area contributed by atoms with Crippen LogP contribution in [-0.2, 0) is 0 Å². The monoisotopic (exact) mass is 184 g/mol. The van der Waals surface area contributed by atoms with Crippen molar-refractivity contribution in [1.29, 1.82) is 5.26 Å². The van der Waals surface area contributed by atoms with E-state index in [9.17, 15) is 0 Å². The quantitative estimate of drug-likeness (QED) is 0.674. The summed E-state index contributed by atoms with van der Waals surface area (Å²) in [5.74, 6) is 1.41. The number of rotatable bonds is 1. The average molecular weight is 184 g/mol. The molecule has 2 aromatic rings. The van der Waals surface area contributed by atoms with E-state index in [0.29, 0.717) is 17.1 Å². The van der Waals surface area contributed by atoms with Gasteiger partial charge in [0, 0.05) is 12.1 Å². The van der Waals surface area contributed by atoms with Crippen molar-refractivity contribution in [2.24, 2.45) is 0 Å². The first-order valence-corrected chi connectivity index (χ1v) is 4.64. The van der Waals surface area contributed by atoms with E-state index in [1.165, 1.54) is 12.8 Å². The molecule has 0 aliphatic heterocycles. The Bertz CT molecular complexity index is 531. The van der Waals surface area contributed by atoms with Crippen LogP contribution in [0.1, 0.15) is 30.1 Å². The number of hydrogen-bond acceptors (Lipinski definition) is 3. The maximum absolute atomic E-state index is 8.87. The molecule has 14 heavy (non-hydrogen) atoms. The molecule has 0 spiro atoms. The Morgan fingerprint density at radius 1 is 1.50 bits per heavy atom. The van der Waals surface area contributed by atoms with Gasteiger partial charge in [0.2, 0.25) is 0 Å². The molecule has 3 rings (SSSR count). The van der Waals surface area contributed by atoms with Crippen LogP contribution < -0.4 is 0 Å². The van der Waals surface area contributed by atoms with E-state index < -0.39 is 0 Å². The van der Waals surface area contributed by atoms with Crippen molar-refractivity contribution in [3.05, 3.63) is 29.7 Å². The van der Waals surface area contributed by atoms with E-state index in [-0.39, 0.29) is 0 Å². The van der Waals surface area contributed by atoms with Crippen molar-refractivity contribution in [3.63, 3.8) is 0 Å². The Balaban J connectivity index is 2.27. The number of hydrogen-bond donors (Lipinski definition) is 0. The topological polar surface area (TPSA) is 54.0 Å². The fourth-order valence-corrected chi connectivity index (χ4v) is 1.52. The van der Waals surface area contributed by atoms with Crippen LogP contribution in [0.2, 0.25) is 0 Å². The van der Waals surface area contributed by atoms with Gasteiger partial charge < -0.3 is 0 Å². The van der Waals surface area contributed by atoms with Gasteiger partial charge in [0.05, 0.1) is 5.56 Å². The van der Waals surface area contributed by atoms with E-state index in [2.05, 4.69) is 16.2 Å². The third kappa shape index (κ3) is 0.990. The zero-order chi connectivity index (χ0) is 9.54. The Labute approximate surface area is 80.8 Å². The zero-order valence-corrected chi connectivity index (χ0v) is 7.51. The van der Waals surface area contributed by atoms with Gasteiger partial charge in [-0.2, -0.15) is 10.4 Å². The van der Waals surface area contributed by atoms with Crippen molar-refractivity contribution < 1.29 is 0 Å². The summed E-state index contributed by atoms with van der Waals surface area (Å²) in [7, 11) is 0. The molecule has 2 heterocycles. The smallest absolute Gasteiger partial charge is 0.173 e. The number of aromatic nitrogens is 3. The summed E-state index contributed by atoms with van der Waals surface area (Å²) in [6.07, 6.45) is 4.19. The molecule has 1 aliphatic rings. The standard InChI is InChI=1S/C10H8N4/c11-6-8-2-1-5-14-10(8)12-9(13-14)7-3-4-7/h1-2,5,7H,3-4H2. The third-order valence-electron chi connectivity index (χ3n) is 2.44. The Kier molecular flexibility index (Phi) is 1.37. The lowest BCUT2D eigenvalue weighted by atomic mass is 10.3. The number of fused-ring (bicyclic) bond motifs is 1. The van der Waals surface area contributed by atoms with Gasteiger partial charge in [-0.1, -0.05) is 0 Å². The fourth-order valence-electron chi connectivity index (χ4n) is 1.52. The lowest BCUT2D eigenvalue weighted by Gasteiger charge is -1.90. The third-order valence-corrected chi connectivity index (χ3v) is 2.44. The molecule has 0 aromatic carbocycles. The highest BCUT2D eigenvalue weighted by Crippen LogP contribution is 2.38. The molecule has 2 aromatic heterocycles. The largest absolute Gasteiger partial charge is 0.219 e. The average Bonchev–Trinajstić information content (AvgIpc) is 2.97. The van der Waals surface area contributed by atoms with Crippen LogP contribution in [-0.4, -0.2) is 14.6 Å². The lowest BCUT2D eigenvalue weighted by molar-refractivity contribution is 0.878. The summed E-state index contributed by atoms with van der Waals surface area (Å²) in [5.41, 5.74) is 1.27. The fraction of sp³-hybridized carbons (Fsp3) is 0.300. The molecule has 0 bridgehead atoms. The molecule has 0 saturated heterocycles. The van der Waals surface area contributed by atoms with E-state index in [1.54, 1.807) is 10.6 Å². The molecular formula is C10H8N4. The van der Waals surface area contributed by atoms with Crippen LogP contribution in [0.5, 0.6) is 0 Å². The van der Waals surface area contributed by atoms with Gasteiger partial charge in [0.15, 0.2) is 11.5 Å². The van der Waals surface area contributed by atoms with Crippen LogP contribution in [0.15, 0.2) is 18.3 Å². The summed E-state index contributed by atoms with van der Waals surface area (Å²) in [5, 5.41) is 13.2.